The van der Waals surface area contributed by atoms with E-state index < -0.39 is 6.83 Å². The molecular weight excluding hydrogens is 287 g/mol. The molecule has 0 unspecified atom stereocenters. The standard InChI is InChI=1S/C20H45OP/c1-9-13-16-22(21,17-14-10-2,18-15-11-3)20(7,8)19(5,6)12-4/h21H,9-18H2,1-8H3. The third-order valence-corrected chi connectivity index (χ3v) is 14.7. The van der Waals surface area contributed by atoms with E-state index in [0.717, 1.165) is 24.9 Å². The molecule has 0 aromatic heterocycles. The van der Waals surface area contributed by atoms with Crippen LogP contribution >= 0.6 is 6.83 Å². The molecule has 0 radical (unpaired) electrons. The minimum absolute atomic E-state index is 0.0346. The first-order chi connectivity index (χ1) is 10.1. The van der Waals surface area contributed by atoms with Gasteiger partial charge in [0.05, 0.1) is 0 Å². The Hall–Kier alpha value is 0.390. The van der Waals surface area contributed by atoms with Crippen molar-refractivity contribution in [2.24, 2.45) is 5.41 Å². The Bertz CT molecular complexity index is 295. The summed E-state index contributed by atoms with van der Waals surface area (Å²) in [4.78, 5) is 12.5. The molecule has 0 fully saturated rings. The van der Waals surface area contributed by atoms with Crippen LogP contribution in [0, 0.1) is 5.41 Å². The van der Waals surface area contributed by atoms with Gasteiger partial charge in [0.15, 0.2) is 0 Å². The van der Waals surface area contributed by atoms with Gasteiger partial charge in [-0.1, -0.05) is 0 Å². The van der Waals surface area contributed by atoms with Crippen LogP contribution in [0.2, 0.25) is 0 Å². The van der Waals surface area contributed by atoms with Crippen LogP contribution < -0.4 is 0 Å². The summed E-state index contributed by atoms with van der Waals surface area (Å²) in [5, 5.41) is 0.0346. The summed E-state index contributed by atoms with van der Waals surface area (Å²) in [6, 6.07) is 0. The quantitative estimate of drug-likeness (QED) is 0.379. The molecule has 0 spiro atoms. The zero-order valence-corrected chi connectivity index (χ0v) is 17.9. The third-order valence-electron chi connectivity index (χ3n) is 7.10. The van der Waals surface area contributed by atoms with Crippen molar-refractivity contribution in [3.63, 3.8) is 0 Å². The van der Waals surface area contributed by atoms with Gasteiger partial charge in [0, 0.05) is 0 Å². The van der Waals surface area contributed by atoms with Gasteiger partial charge >= 0.3 is 141 Å². The van der Waals surface area contributed by atoms with Crippen LogP contribution in [0.4, 0.5) is 0 Å². The fourth-order valence-electron chi connectivity index (χ4n) is 3.98. The number of unbranched alkanes of at least 4 members (excludes halogenated alkanes) is 3. The van der Waals surface area contributed by atoms with Crippen molar-refractivity contribution in [3.05, 3.63) is 0 Å². The van der Waals surface area contributed by atoms with E-state index in [-0.39, 0.29) is 10.6 Å². The van der Waals surface area contributed by atoms with Gasteiger partial charge in [0.1, 0.15) is 0 Å². The molecule has 0 aliphatic rings. The Morgan fingerprint density at radius 3 is 1.23 bits per heavy atom. The SMILES string of the molecule is CCCCP(O)(CCCC)(CCCC)C(C)(C)C(C)(C)CC. The van der Waals surface area contributed by atoms with Gasteiger partial charge < -0.3 is 0 Å². The van der Waals surface area contributed by atoms with E-state index >= 15 is 0 Å². The molecule has 22 heavy (non-hydrogen) atoms. The molecule has 1 nitrogen and oxygen atoms in total. The van der Waals surface area contributed by atoms with Gasteiger partial charge in [-0.25, -0.2) is 0 Å². The number of rotatable bonds is 12. The summed E-state index contributed by atoms with van der Waals surface area (Å²) in [5.74, 6) is 0. The van der Waals surface area contributed by atoms with Crippen LogP contribution in [0.5, 0.6) is 0 Å². The molecule has 0 aromatic rings. The molecule has 0 rings (SSSR count). The van der Waals surface area contributed by atoms with E-state index in [4.69, 9.17) is 0 Å². The van der Waals surface area contributed by atoms with E-state index in [2.05, 4.69) is 55.4 Å². The average molecular weight is 333 g/mol. The van der Waals surface area contributed by atoms with Gasteiger partial charge in [-0.05, 0) is 0 Å². The maximum absolute atomic E-state index is 12.5. The summed E-state index contributed by atoms with van der Waals surface area (Å²) in [6.45, 7) is 15.9. The second kappa shape index (κ2) is 8.48. The Morgan fingerprint density at radius 2 is 1.00 bits per heavy atom. The average Bonchev–Trinajstić information content (AvgIpc) is 2.49. The monoisotopic (exact) mass is 332 g/mol. The van der Waals surface area contributed by atoms with Crippen molar-refractivity contribution in [3.8, 4) is 0 Å². The predicted octanol–water partition coefficient (Wildman–Crippen LogP) is 7.06. The zero-order valence-electron chi connectivity index (χ0n) is 17.0. The van der Waals surface area contributed by atoms with Crippen molar-refractivity contribution in [1.29, 1.82) is 0 Å². The topological polar surface area (TPSA) is 20.2 Å². The number of hydrogen-bond donors (Lipinski definition) is 1. The number of hydrogen-bond acceptors (Lipinski definition) is 1. The van der Waals surface area contributed by atoms with Crippen molar-refractivity contribution in [2.45, 2.75) is 105 Å². The molecule has 0 heterocycles. The van der Waals surface area contributed by atoms with E-state index in [1.807, 2.05) is 0 Å². The Kier molecular flexibility index (Phi) is 8.63. The normalized spacial score (nSPS) is 15.6. The summed E-state index contributed by atoms with van der Waals surface area (Å²) in [6.07, 6.45) is 11.5. The summed E-state index contributed by atoms with van der Waals surface area (Å²) >= 11 is 0. The van der Waals surface area contributed by atoms with Gasteiger partial charge in [-0.3, -0.25) is 0 Å². The van der Waals surface area contributed by atoms with E-state index in [9.17, 15) is 4.89 Å². The molecule has 2 heteroatoms. The first kappa shape index (κ1) is 22.4. The van der Waals surface area contributed by atoms with Crippen molar-refractivity contribution in [2.75, 3.05) is 18.5 Å². The Balaban J connectivity index is 5.98. The fraction of sp³-hybridized carbons (Fsp3) is 1.00. The van der Waals surface area contributed by atoms with E-state index in [1.54, 1.807) is 0 Å². The second-order valence-electron chi connectivity index (χ2n) is 8.70. The van der Waals surface area contributed by atoms with Crippen LogP contribution in [-0.4, -0.2) is 28.5 Å². The van der Waals surface area contributed by atoms with E-state index in [1.165, 1.54) is 38.5 Å². The van der Waals surface area contributed by atoms with Crippen LogP contribution in [-0.2, 0) is 0 Å². The molecule has 0 saturated carbocycles. The molecule has 0 atom stereocenters. The Morgan fingerprint density at radius 1 is 0.682 bits per heavy atom. The van der Waals surface area contributed by atoms with Crippen LogP contribution in [0.1, 0.15) is 100 Å². The van der Waals surface area contributed by atoms with Crippen molar-refractivity contribution >= 4 is 6.83 Å². The second-order valence-corrected chi connectivity index (χ2v) is 14.5. The third kappa shape index (κ3) is 4.27. The molecule has 0 aliphatic carbocycles. The van der Waals surface area contributed by atoms with Crippen molar-refractivity contribution < 1.29 is 4.89 Å². The van der Waals surface area contributed by atoms with Crippen LogP contribution in [0.3, 0.4) is 0 Å². The van der Waals surface area contributed by atoms with Gasteiger partial charge in [-0.15, -0.1) is 0 Å². The molecule has 1 N–H and O–H groups in total. The predicted molar refractivity (Wildman–Crippen MR) is 107 cm³/mol. The first-order valence-electron chi connectivity index (χ1n) is 9.80. The summed E-state index contributed by atoms with van der Waals surface area (Å²) in [7, 11) is 0. The van der Waals surface area contributed by atoms with Gasteiger partial charge in [-0.2, -0.15) is 0 Å². The first-order valence-corrected chi connectivity index (χ1v) is 12.5. The van der Waals surface area contributed by atoms with Crippen LogP contribution in [0.25, 0.3) is 0 Å². The maximum atomic E-state index is 12.5. The summed E-state index contributed by atoms with van der Waals surface area (Å²) < 4.78 is 0. The van der Waals surface area contributed by atoms with Crippen LogP contribution in [0.15, 0.2) is 0 Å². The minimum atomic E-state index is -2.74. The van der Waals surface area contributed by atoms with Crippen molar-refractivity contribution in [1.82, 2.24) is 0 Å². The molecule has 0 bridgehead atoms. The molecular formula is C20H45OP. The molecule has 0 aromatic carbocycles. The molecule has 0 aliphatic heterocycles. The van der Waals surface area contributed by atoms with Gasteiger partial charge in [0.2, 0.25) is 0 Å². The van der Waals surface area contributed by atoms with E-state index in [0.29, 0.717) is 0 Å². The molecule has 136 valence electrons. The summed E-state index contributed by atoms with van der Waals surface area (Å²) in [5.41, 5.74) is 0.189. The molecule has 0 amide bonds. The Labute approximate surface area is 141 Å². The molecule has 0 saturated heterocycles. The zero-order chi connectivity index (χ0) is 17.5. The fourth-order valence-corrected chi connectivity index (χ4v) is 11.2. The van der Waals surface area contributed by atoms with Gasteiger partial charge in [0.25, 0.3) is 0 Å².